The van der Waals surface area contributed by atoms with E-state index < -0.39 is 12.7 Å². The van der Waals surface area contributed by atoms with Crippen LogP contribution in [0.25, 0.3) is 0 Å². The minimum absolute atomic E-state index is 0.155. The molecule has 3 rings (SSSR count). The Kier molecular flexibility index (Phi) is 6.07. The molecular formula is C21H36BN3O4. The molecule has 0 bridgehead atoms. The van der Waals surface area contributed by atoms with E-state index in [4.69, 9.17) is 14.0 Å². The van der Waals surface area contributed by atoms with Crippen molar-refractivity contribution in [2.45, 2.75) is 97.0 Å². The normalized spacial score (nSPS) is 21.3. The average molecular weight is 405 g/mol. The molecule has 8 heteroatoms. The van der Waals surface area contributed by atoms with Gasteiger partial charge in [0.05, 0.1) is 17.2 Å². The van der Waals surface area contributed by atoms with Crippen LogP contribution in [0.15, 0.2) is 12.4 Å². The number of nitrogens with zero attached hydrogens (tertiary/aromatic N) is 3. The SMILES string of the molecule is CCC1(CC)OB(c2cnn(C3CN(C(=O)OC(C)(C)C)C3)c2)OC1(CC)CC. The lowest BCUT2D eigenvalue weighted by Gasteiger charge is -2.42. The lowest BCUT2D eigenvalue weighted by atomic mass is 9.75. The molecule has 2 fully saturated rings. The quantitative estimate of drug-likeness (QED) is 0.678. The fraction of sp³-hybridized carbons (Fsp3) is 0.810. The summed E-state index contributed by atoms with van der Waals surface area (Å²) in [7, 11) is -0.398. The summed E-state index contributed by atoms with van der Waals surface area (Å²) >= 11 is 0. The molecule has 1 amide bonds. The Labute approximate surface area is 175 Å². The zero-order chi connectivity index (χ0) is 21.4. The smallest absolute Gasteiger partial charge is 0.444 e. The van der Waals surface area contributed by atoms with Crippen molar-refractivity contribution >= 4 is 18.7 Å². The summed E-state index contributed by atoms with van der Waals surface area (Å²) in [5, 5.41) is 4.53. The number of rotatable bonds is 6. The van der Waals surface area contributed by atoms with Gasteiger partial charge in [-0.1, -0.05) is 27.7 Å². The van der Waals surface area contributed by atoms with Crippen LogP contribution >= 0.6 is 0 Å². The molecule has 0 atom stereocenters. The molecular weight excluding hydrogens is 369 g/mol. The molecule has 0 spiro atoms. The van der Waals surface area contributed by atoms with Gasteiger partial charge in [0, 0.05) is 30.9 Å². The van der Waals surface area contributed by atoms with Crippen LogP contribution in [0.1, 0.15) is 80.2 Å². The second-order valence-corrected chi connectivity index (χ2v) is 9.26. The van der Waals surface area contributed by atoms with Crippen molar-refractivity contribution in [3.05, 3.63) is 12.4 Å². The van der Waals surface area contributed by atoms with Gasteiger partial charge in [0.25, 0.3) is 0 Å². The fourth-order valence-electron chi connectivity index (χ4n) is 4.68. The largest absolute Gasteiger partial charge is 0.498 e. The molecule has 0 N–H and O–H groups in total. The molecule has 0 aromatic carbocycles. The molecule has 0 unspecified atom stereocenters. The minimum atomic E-state index is -0.478. The third-order valence-electron chi connectivity index (χ3n) is 6.56. The third kappa shape index (κ3) is 3.93. The van der Waals surface area contributed by atoms with Gasteiger partial charge in [-0.25, -0.2) is 4.79 Å². The van der Waals surface area contributed by atoms with Crippen molar-refractivity contribution in [3.8, 4) is 0 Å². The van der Waals surface area contributed by atoms with Crippen LogP contribution in [0.5, 0.6) is 0 Å². The zero-order valence-corrected chi connectivity index (χ0v) is 19.0. The maximum atomic E-state index is 12.1. The molecule has 1 aromatic heterocycles. The van der Waals surface area contributed by atoms with Crippen LogP contribution in [0.2, 0.25) is 0 Å². The van der Waals surface area contributed by atoms with Crippen LogP contribution in [0, 0.1) is 0 Å². The van der Waals surface area contributed by atoms with Crippen molar-refractivity contribution in [2.24, 2.45) is 0 Å². The Balaban J connectivity index is 1.66. The van der Waals surface area contributed by atoms with Crippen LogP contribution in [-0.4, -0.2) is 57.8 Å². The number of ether oxygens (including phenoxy) is 1. The zero-order valence-electron chi connectivity index (χ0n) is 19.0. The number of hydrogen-bond donors (Lipinski definition) is 0. The van der Waals surface area contributed by atoms with E-state index >= 15 is 0 Å². The Hall–Kier alpha value is -1.54. The maximum absolute atomic E-state index is 12.1. The molecule has 29 heavy (non-hydrogen) atoms. The van der Waals surface area contributed by atoms with E-state index in [-0.39, 0.29) is 23.3 Å². The van der Waals surface area contributed by atoms with Crippen LogP contribution in [-0.2, 0) is 14.0 Å². The molecule has 7 nitrogen and oxygen atoms in total. The topological polar surface area (TPSA) is 65.8 Å². The van der Waals surface area contributed by atoms with Crippen molar-refractivity contribution in [3.63, 3.8) is 0 Å². The average Bonchev–Trinajstić information content (AvgIpc) is 3.22. The molecule has 0 radical (unpaired) electrons. The predicted molar refractivity (Wildman–Crippen MR) is 113 cm³/mol. The van der Waals surface area contributed by atoms with E-state index in [0.29, 0.717) is 13.1 Å². The van der Waals surface area contributed by atoms with Gasteiger partial charge in [-0.15, -0.1) is 0 Å². The van der Waals surface area contributed by atoms with E-state index in [0.717, 1.165) is 31.1 Å². The Morgan fingerprint density at radius 1 is 1.14 bits per heavy atom. The first-order chi connectivity index (χ1) is 13.6. The first kappa shape index (κ1) is 22.2. The van der Waals surface area contributed by atoms with Crippen LogP contribution in [0.4, 0.5) is 4.79 Å². The van der Waals surface area contributed by atoms with Gasteiger partial charge in [0.2, 0.25) is 0 Å². The predicted octanol–water partition coefficient (Wildman–Crippen LogP) is 3.53. The first-order valence-corrected chi connectivity index (χ1v) is 11.0. The summed E-state index contributed by atoms with van der Waals surface area (Å²) in [5.41, 5.74) is -0.0785. The molecule has 0 aliphatic carbocycles. The number of likely N-dealkylation sites (tertiary alicyclic amines) is 1. The van der Waals surface area contributed by atoms with Gasteiger partial charge in [-0.05, 0) is 46.5 Å². The number of aromatic nitrogens is 2. The monoisotopic (exact) mass is 405 g/mol. The van der Waals surface area contributed by atoms with E-state index in [1.54, 1.807) is 4.90 Å². The van der Waals surface area contributed by atoms with Gasteiger partial charge in [-0.2, -0.15) is 5.10 Å². The van der Waals surface area contributed by atoms with Gasteiger partial charge in [0.1, 0.15) is 5.60 Å². The summed E-state index contributed by atoms with van der Waals surface area (Å²) in [6, 6.07) is 0.155. The van der Waals surface area contributed by atoms with Gasteiger partial charge in [-0.3, -0.25) is 4.68 Å². The Bertz CT molecular complexity index is 696. The van der Waals surface area contributed by atoms with E-state index in [1.807, 2.05) is 37.8 Å². The van der Waals surface area contributed by atoms with Gasteiger partial charge in [0.15, 0.2) is 0 Å². The van der Waals surface area contributed by atoms with Crippen molar-refractivity contribution < 1.29 is 18.8 Å². The van der Waals surface area contributed by atoms with Crippen molar-refractivity contribution in [1.82, 2.24) is 14.7 Å². The Morgan fingerprint density at radius 2 is 1.66 bits per heavy atom. The summed E-state index contributed by atoms with van der Waals surface area (Å²) in [6.07, 6.45) is 7.24. The molecule has 2 saturated heterocycles. The number of hydrogen-bond acceptors (Lipinski definition) is 5. The summed E-state index contributed by atoms with van der Waals surface area (Å²) in [6.45, 7) is 15.6. The van der Waals surface area contributed by atoms with E-state index in [9.17, 15) is 4.79 Å². The number of carbonyl (C=O) groups excluding carboxylic acids is 1. The molecule has 162 valence electrons. The number of carbonyl (C=O) groups is 1. The molecule has 2 aliphatic rings. The third-order valence-corrected chi connectivity index (χ3v) is 6.56. The minimum Gasteiger partial charge on any atom is -0.444 e. The van der Waals surface area contributed by atoms with Crippen LogP contribution in [0.3, 0.4) is 0 Å². The van der Waals surface area contributed by atoms with E-state index in [2.05, 4.69) is 32.8 Å². The highest BCUT2D eigenvalue weighted by Gasteiger charge is 2.58. The lowest BCUT2D eigenvalue weighted by Crippen LogP contribution is -2.52. The van der Waals surface area contributed by atoms with Crippen molar-refractivity contribution in [2.75, 3.05) is 13.1 Å². The fourth-order valence-corrected chi connectivity index (χ4v) is 4.68. The maximum Gasteiger partial charge on any atom is 0.498 e. The standard InChI is InChI=1S/C21H36BN3O4/c1-8-20(9-2)21(10-3,11-4)29-22(28-20)16-12-23-25(13-16)17-14-24(15-17)18(26)27-19(5,6)7/h12-13,17H,8-11,14-15H2,1-7H3. The highest BCUT2D eigenvalue weighted by Crippen LogP contribution is 2.46. The highest BCUT2D eigenvalue weighted by atomic mass is 16.7. The summed E-state index contributed by atoms with van der Waals surface area (Å²) < 4.78 is 20.4. The molecule has 0 saturated carbocycles. The van der Waals surface area contributed by atoms with Crippen molar-refractivity contribution in [1.29, 1.82) is 0 Å². The summed E-state index contributed by atoms with van der Waals surface area (Å²) in [4.78, 5) is 13.8. The first-order valence-electron chi connectivity index (χ1n) is 11.0. The second-order valence-electron chi connectivity index (χ2n) is 9.26. The molecule has 3 heterocycles. The second kappa shape index (κ2) is 7.95. The van der Waals surface area contributed by atoms with Gasteiger partial charge < -0.3 is 18.9 Å². The van der Waals surface area contributed by atoms with E-state index in [1.165, 1.54) is 0 Å². The lowest BCUT2D eigenvalue weighted by molar-refractivity contribution is -0.0601. The highest BCUT2D eigenvalue weighted by molar-refractivity contribution is 6.62. The van der Waals surface area contributed by atoms with Gasteiger partial charge >= 0.3 is 13.2 Å². The number of amides is 1. The molecule has 1 aromatic rings. The molecule has 2 aliphatic heterocycles. The van der Waals surface area contributed by atoms with Crippen LogP contribution < -0.4 is 5.46 Å². The Morgan fingerprint density at radius 3 is 2.10 bits per heavy atom. The summed E-state index contributed by atoms with van der Waals surface area (Å²) in [5.74, 6) is 0.